The molecule has 1 rings (SSSR count). The number of nitrogens with zero attached hydrogens (tertiary/aromatic N) is 3. The van der Waals surface area contributed by atoms with Gasteiger partial charge in [0.15, 0.2) is 11.6 Å². The van der Waals surface area contributed by atoms with Crippen LogP contribution in [0, 0.1) is 23.1 Å². The molecule has 0 fully saturated rings. The van der Waals surface area contributed by atoms with Crippen LogP contribution in [-0.4, -0.2) is 38.7 Å². The number of nitriles is 1. The SMILES string of the molecule is CC(C)C[C@@H](Nc1nc(Cl)c(C#N)cc1F)[C@H](C)N(C(=O)O)C(C)(C)C. The lowest BCUT2D eigenvalue weighted by molar-refractivity contribution is 0.0670. The van der Waals surface area contributed by atoms with Gasteiger partial charge < -0.3 is 10.4 Å². The lowest BCUT2D eigenvalue weighted by Gasteiger charge is -2.42. The first-order valence-electron chi connectivity index (χ1n) is 8.43. The van der Waals surface area contributed by atoms with Gasteiger partial charge in [0.05, 0.1) is 11.6 Å². The Morgan fingerprint density at radius 1 is 1.46 bits per heavy atom. The third kappa shape index (κ3) is 5.46. The normalized spacial score (nSPS) is 13.8. The van der Waals surface area contributed by atoms with Crippen molar-refractivity contribution in [3.05, 3.63) is 22.6 Å². The summed E-state index contributed by atoms with van der Waals surface area (Å²) in [6.45, 7) is 11.2. The highest BCUT2D eigenvalue weighted by atomic mass is 35.5. The molecule has 0 aromatic carbocycles. The van der Waals surface area contributed by atoms with Crippen LogP contribution in [0.2, 0.25) is 5.15 Å². The zero-order valence-corrected chi connectivity index (χ0v) is 16.7. The van der Waals surface area contributed by atoms with Gasteiger partial charge in [-0.25, -0.2) is 14.2 Å². The summed E-state index contributed by atoms with van der Waals surface area (Å²) in [5, 5.41) is 21.5. The van der Waals surface area contributed by atoms with E-state index in [9.17, 15) is 14.3 Å². The van der Waals surface area contributed by atoms with Crippen molar-refractivity contribution < 1.29 is 14.3 Å². The quantitative estimate of drug-likeness (QED) is 0.691. The van der Waals surface area contributed by atoms with Gasteiger partial charge in [-0.05, 0) is 46.1 Å². The fourth-order valence-electron chi connectivity index (χ4n) is 2.96. The van der Waals surface area contributed by atoms with Crippen LogP contribution < -0.4 is 5.32 Å². The van der Waals surface area contributed by atoms with Crippen molar-refractivity contribution in [3.8, 4) is 6.07 Å². The van der Waals surface area contributed by atoms with Gasteiger partial charge in [0, 0.05) is 11.6 Å². The molecule has 0 bridgehead atoms. The number of hydrogen-bond donors (Lipinski definition) is 2. The van der Waals surface area contributed by atoms with Crippen LogP contribution >= 0.6 is 11.6 Å². The minimum Gasteiger partial charge on any atom is -0.465 e. The number of hydrogen-bond acceptors (Lipinski definition) is 4. The Bertz CT molecular complexity index is 698. The smallest absolute Gasteiger partial charge is 0.408 e. The van der Waals surface area contributed by atoms with E-state index in [0.29, 0.717) is 6.42 Å². The molecule has 1 amide bonds. The highest BCUT2D eigenvalue weighted by molar-refractivity contribution is 6.30. The maximum absolute atomic E-state index is 14.3. The van der Waals surface area contributed by atoms with E-state index in [1.165, 1.54) is 4.90 Å². The summed E-state index contributed by atoms with van der Waals surface area (Å²) in [7, 11) is 0. The minimum absolute atomic E-state index is 0.0509. The topological polar surface area (TPSA) is 89.3 Å². The predicted molar refractivity (Wildman–Crippen MR) is 99.9 cm³/mol. The second kappa shape index (κ2) is 8.54. The van der Waals surface area contributed by atoms with E-state index in [1.54, 1.807) is 13.0 Å². The van der Waals surface area contributed by atoms with E-state index < -0.39 is 29.5 Å². The monoisotopic (exact) mass is 384 g/mol. The van der Waals surface area contributed by atoms with Crippen molar-refractivity contribution in [2.45, 2.75) is 65.6 Å². The van der Waals surface area contributed by atoms with Crippen molar-refractivity contribution in [1.82, 2.24) is 9.88 Å². The van der Waals surface area contributed by atoms with E-state index in [4.69, 9.17) is 16.9 Å². The van der Waals surface area contributed by atoms with Crippen molar-refractivity contribution >= 4 is 23.5 Å². The summed E-state index contributed by atoms with van der Waals surface area (Å²) < 4.78 is 14.3. The van der Waals surface area contributed by atoms with E-state index >= 15 is 0 Å². The molecule has 1 aromatic heterocycles. The van der Waals surface area contributed by atoms with Crippen LogP contribution in [0.4, 0.5) is 15.0 Å². The molecule has 0 spiro atoms. The molecular weight excluding hydrogens is 359 g/mol. The molecule has 0 aliphatic carbocycles. The number of halogens is 2. The predicted octanol–water partition coefficient (Wildman–Crippen LogP) is 4.74. The number of pyridine rings is 1. The van der Waals surface area contributed by atoms with Crippen molar-refractivity contribution in [2.75, 3.05) is 5.32 Å². The van der Waals surface area contributed by atoms with Gasteiger partial charge in [-0.15, -0.1) is 0 Å². The number of aromatic nitrogens is 1. The summed E-state index contributed by atoms with van der Waals surface area (Å²) in [4.78, 5) is 17.1. The molecule has 26 heavy (non-hydrogen) atoms. The Balaban J connectivity index is 3.25. The third-order valence-corrected chi connectivity index (χ3v) is 4.30. The zero-order chi connectivity index (χ0) is 20.2. The molecule has 1 heterocycles. The van der Waals surface area contributed by atoms with Crippen LogP contribution in [0.3, 0.4) is 0 Å². The molecule has 2 atom stereocenters. The van der Waals surface area contributed by atoms with Crippen LogP contribution in [0.1, 0.15) is 53.5 Å². The molecule has 0 saturated carbocycles. The Kier molecular flexibility index (Phi) is 7.22. The lowest BCUT2D eigenvalue weighted by atomic mass is 9.94. The summed E-state index contributed by atoms with van der Waals surface area (Å²) >= 11 is 5.91. The highest BCUT2D eigenvalue weighted by Gasteiger charge is 2.35. The Labute approximate surface area is 159 Å². The fraction of sp³-hybridized carbons (Fsp3) is 0.611. The van der Waals surface area contributed by atoms with Crippen LogP contribution in [0.15, 0.2) is 6.07 Å². The number of rotatable bonds is 6. The molecule has 1 aromatic rings. The van der Waals surface area contributed by atoms with Crippen molar-refractivity contribution in [2.24, 2.45) is 5.92 Å². The number of nitrogens with one attached hydrogen (secondary N) is 1. The van der Waals surface area contributed by atoms with Crippen LogP contribution in [-0.2, 0) is 0 Å². The van der Waals surface area contributed by atoms with Crippen molar-refractivity contribution in [3.63, 3.8) is 0 Å². The molecule has 0 unspecified atom stereocenters. The molecule has 0 aliphatic rings. The maximum atomic E-state index is 14.3. The Morgan fingerprint density at radius 3 is 2.46 bits per heavy atom. The molecule has 144 valence electrons. The number of anilines is 1. The largest absolute Gasteiger partial charge is 0.465 e. The van der Waals surface area contributed by atoms with Gasteiger partial charge in [0.25, 0.3) is 0 Å². The second-order valence-corrected chi connectivity index (χ2v) is 8.07. The van der Waals surface area contributed by atoms with Gasteiger partial charge in [-0.3, -0.25) is 4.90 Å². The number of carbonyl (C=O) groups is 1. The molecule has 8 heteroatoms. The van der Waals surface area contributed by atoms with E-state index in [-0.39, 0.29) is 22.5 Å². The van der Waals surface area contributed by atoms with Gasteiger partial charge in [-0.2, -0.15) is 5.26 Å². The maximum Gasteiger partial charge on any atom is 0.408 e. The number of carboxylic acid groups (broad SMARTS) is 1. The lowest BCUT2D eigenvalue weighted by Crippen LogP contribution is -2.56. The first-order valence-corrected chi connectivity index (χ1v) is 8.81. The van der Waals surface area contributed by atoms with E-state index in [0.717, 1.165) is 6.07 Å². The molecular formula is C18H26ClFN4O2. The molecule has 2 N–H and O–H groups in total. The van der Waals surface area contributed by atoms with Crippen LogP contribution in [0.25, 0.3) is 0 Å². The average molecular weight is 385 g/mol. The second-order valence-electron chi connectivity index (χ2n) is 7.71. The first kappa shape index (κ1) is 22.0. The fourth-order valence-corrected chi connectivity index (χ4v) is 3.14. The minimum atomic E-state index is -1.05. The number of amides is 1. The summed E-state index contributed by atoms with van der Waals surface area (Å²) in [6, 6.07) is 1.95. The standard InChI is InChI=1S/C18H26ClFN4O2/c1-10(2)7-14(11(3)24(17(25)26)18(4,5)6)22-16-13(20)8-12(9-21)15(19)23-16/h8,10-11,14H,7H2,1-6H3,(H,22,23)(H,25,26)/t11-,14+/m0/s1. The summed E-state index contributed by atoms with van der Waals surface area (Å²) in [6.07, 6.45) is -0.452. The van der Waals surface area contributed by atoms with Gasteiger partial charge in [0.2, 0.25) is 0 Å². The molecule has 0 aliphatic heterocycles. The first-order chi connectivity index (χ1) is 11.9. The Hall–Kier alpha value is -2.07. The van der Waals surface area contributed by atoms with Gasteiger partial charge >= 0.3 is 6.09 Å². The molecule has 0 saturated heterocycles. The molecule has 6 nitrogen and oxygen atoms in total. The Morgan fingerprint density at radius 2 is 2.04 bits per heavy atom. The van der Waals surface area contributed by atoms with Crippen LogP contribution in [0.5, 0.6) is 0 Å². The highest BCUT2D eigenvalue weighted by Crippen LogP contribution is 2.26. The van der Waals surface area contributed by atoms with E-state index in [2.05, 4.69) is 10.3 Å². The van der Waals surface area contributed by atoms with Gasteiger partial charge in [0.1, 0.15) is 11.2 Å². The zero-order valence-electron chi connectivity index (χ0n) is 16.0. The molecule has 0 radical (unpaired) electrons. The average Bonchev–Trinajstić information content (AvgIpc) is 2.47. The van der Waals surface area contributed by atoms with Gasteiger partial charge in [-0.1, -0.05) is 25.4 Å². The van der Waals surface area contributed by atoms with Crippen molar-refractivity contribution in [1.29, 1.82) is 5.26 Å². The summed E-state index contributed by atoms with van der Waals surface area (Å²) in [5.41, 5.74) is -0.679. The summed E-state index contributed by atoms with van der Waals surface area (Å²) in [5.74, 6) is -0.558. The third-order valence-electron chi connectivity index (χ3n) is 4.02. The van der Waals surface area contributed by atoms with E-state index in [1.807, 2.05) is 34.6 Å².